The van der Waals surface area contributed by atoms with E-state index in [1.165, 1.54) is 17.8 Å². The number of H-pyrrole nitrogens is 1. The van der Waals surface area contributed by atoms with Crippen LogP contribution in [-0.4, -0.2) is 51.8 Å². The zero-order chi connectivity index (χ0) is 17.8. The van der Waals surface area contributed by atoms with Gasteiger partial charge in [-0.3, -0.25) is 9.59 Å². The number of nitrogens with zero attached hydrogens (tertiary/aromatic N) is 2. The van der Waals surface area contributed by atoms with E-state index in [9.17, 15) is 9.59 Å². The van der Waals surface area contributed by atoms with Crippen LogP contribution >= 0.6 is 11.8 Å². The highest BCUT2D eigenvalue weighted by Gasteiger charge is 2.25. The van der Waals surface area contributed by atoms with Crippen LogP contribution in [0.4, 0.5) is 0 Å². The van der Waals surface area contributed by atoms with Crippen LogP contribution in [0.5, 0.6) is 0 Å². The summed E-state index contributed by atoms with van der Waals surface area (Å²) in [7, 11) is 0. The molecule has 2 heterocycles. The summed E-state index contributed by atoms with van der Waals surface area (Å²) >= 11 is 1.25. The molecule has 1 saturated heterocycles. The van der Waals surface area contributed by atoms with E-state index in [0.717, 1.165) is 5.56 Å². The van der Waals surface area contributed by atoms with Gasteiger partial charge in [0, 0.05) is 24.7 Å². The highest BCUT2D eigenvalue weighted by Crippen LogP contribution is 2.19. The van der Waals surface area contributed by atoms with Gasteiger partial charge in [-0.05, 0) is 13.8 Å². The number of carbonyl (C=O) groups excluding carboxylic acids is 1. The van der Waals surface area contributed by atoms with Gasteiger partial charge in [-0.1, -0.05) is 42.1 Å². The molecule has 3 rings (SSSR count). The van der Waals surface area contributed by atoms with E-state index in [0.29, 0.717) is 23.9 Å². The first-order valence-electron chi connectivity index (χ1n) is 8.24. The van der Waals surface area contributed by atoms with Gasteiger partial charge in [-0.15, -0.1) is 0 Å². The summed E-state index contributed by atoms with van der Waals surface area (Å²) in [6.07, 6.45) is 0.0779. The second-order valence-electron chi connectivity index (χ2n) is 6.15. The predicted molar refractivity (Wildman–Crippen MR) is 97.6 cm³/mol. The number of ether oxygens (including phenoxy) is 1. The van der Waals surface area contributed by atoms with Gasteiger partial charge in [0.2, 0.25) is 5.91 Å². The molecule has 1 aromatic heterocycles. The number of carbonyl (C=O) groups is 1. The highest BCUT2D eigenvalue weighted by molar-refractivity contribution is 7.99. The lowest BCUT2D eigenvalue weighted by molar-refractivity contribution is -0.140. The van der Waals surface area contributed by atoms with Crippen molar-refractivity contribution in [2.24, 2.45) is 0 Å². The summed E-state index contributed by atoms with van der Waals surface area (Å²) in [6, 6.07) is 11.0. The Kier molecular flexibility index (Phi) is 5.55. The van der Waals surface area contributed by atoms with Crippen molar-refractivity contribution in [3.8, 4) is 11.3 Å². The number of hydrogen-bond acceptors (Lipinski definition) is 5. The molecular formula is C18H21N3O3S. The Morgan fingerprint density at radius 3 is 2.64 bits per heavy atom. The van der Waals surface area contributed by atoms with Crippen molar-refractivity contribution in [3.63, 3.8) is 0 Å². The fourth-order valence-electron chi connectivity index (χ4n) is 2.86. The number of hydrogen-bond donors (Lipinski definition) is 1. The Hall–Kier alpha value is -2.12. The fraction of sp³-hybridized carbons (Fsp3) is 0.389. The third kappa shape index (κ3) is 4.70. The van der Waals surface area contributed by atoms with Gasteiger partial charge < -0.3 is 14.6 Å². The number of rotatable bonds is 4. The summed E-state index contributed by atoms with van der Waals surface area (Å²) in [4.78, 5) is 33.3. The summed E-state index contributed by atoms with van der Waals surface area (Å²) < 4.78 is 5.65. The molecule has 0 bridgehead atoms. The highest BCUT2D eigenvalue weighted by atomic mass is 32.2. The van der Waals surface area contributed by atoms with E-state index in [4.69, 9.17) is 4.74 Å². The van der Waals surface area contributed by atoms with Gasteiger partial charge in [0.05, 0.1) is 23.7 Å². The van der Waals surface area contributed by atoms with Gasteiger partial charge >= 0.3 is 0 Å². The Morgan fingerprint density at radius 1 is 1.28 bits per heavy atom. The monoisotopic (exact) mass is 359 g/mol. The van der Waals surface area contributed by atoms with E-state index in [1.807, 2.05) is 49.1 Å². The molecule has 1 aromatic carbocycles. The van der Waals surface area contributed by atoms with Crippen molar-refractivity contribution in [1.29, 1.82) is 0 Å². The molecule has 6 nitrogen and oxygen atoms in total. The smallest absolute Gasteiger partial charge is 0.252 e. The van der Waals surface area contributed by atoms with Gasteiger partial charge in [-0.25, -0.2) is 4.98 Å². The molecule has 0 saturated carbocycles. The zero-order valence-electron chi connectivity index (χ0n) is 14.3. The van der Waals surface area contributed by atoms with E-state index in [2.05, 4.69) is 9.97 Å². The molecule has 0 radical (unpaired) electrons. The van der Waals surface area contributed by atoms with Crippen molar-refractivity contribution in [1.82, 2.24) is 14.9 Å². The van der Waals surface area contributed by atoms with E-state index in [-0.39, 0.29) is 29.4 Å². The van der Waals surface area contributed by atoms with Crippen molar-refractivity contribution < 1.29 is 9.53 Å². The van der Waals surface area contributed by atoms with Crippen LogP contribution < -0.4 is 5.56 Å². The Balaban J connectivity index is 1.68. The molecule has 1 amide bonds. The van der Waals surface area contributed by atoms with E-state index < -0.39 is 0 Å². The second kappa shape index (κ2) is 7.84. The number of benzene rings is 1. The Bertz CT molecular complexity index is 784. The normalized spacial score (nSPS) is 20.5. The van der Waals surface area contributed by atoms with Crippen LogP contribution in [0.15, 0.2) is 46.3 Å². The van der Waals surface area contributed by atoms with Gasteiger partial charge in [0.25, 0.3) is 5.56 Å². The molecule has 132 valence electrons. The third-order valence-electron chi connectivity index (χ3n) is 3.89. The van der Waals surface area contributed by atoms with E-state index >= 15 is 0 Å². The summed E-state index contributed by atoms with van der Waals surface area (Å²) in [5.74, 6) is 0.264. The van der Waals surface area contributed by atoms with Crippen LogP contribution in [0.1, 0.15) is 13.8 Å². The molecule has 1 aliphatic rings. The first-order valence-corrected chi connectivity index (χ1v) is 9.22. The molecule has 25 heavy (non-hydrogen) atoms. The minimum absolute atomic E-state index is 0.0276. The first-order chi connectivity index (χ1) is 12.0. The van der Waals surface area contributed by atoms with Crippen LogP contribution in [0.25, 0.3) is 11.3 Å². The maximum absolute atomic E-state index is 12.4. The summed E-state index contributed by atoms with van der Waals surface area (Å²) in [6.45, 7) is 5.12. The van der Waals surface area contributed by atoms with Gasteiger partial charge in [-0.2, -0.15) is 0 Å². The molecule has 2 atom stereocenters. The van der Waals surface area contributed by atoms with Crippen LogP contribution in [0, 0.1) is 0 Å². The lowest BCUT2D eigenvalue weighted by Crippen LogP contribution is -2.48. The van der Waals surface area contributed by atoms with Crippen molar-refractivity contribution in [3.05, 3.63) is 46.8 Å². The van der Waals surface area contributed by atoms with Crippen LogP contribution in [-0.2, 0) is 9.53 Å². The number of morpholine rings is 1. The molecule has 7 heteroatoms. The molecule has 0 aliphatic carbocycles. The molecule has 2 aromatic rings. The van der Waals surface area contributed by atoms with Gasteiger partial charge in [0.1, 0.15) is 0 Å². The molecule has 0 spiro atoms. The quantitative estimate of drug-likeness (QED) is 0.669. The Morgan fingerprint density at radius 2 is 1.96 bits per heavy atom. The summed E-state index contributed by atoms with van der Waals surface area (Å²) in [5, 5.41) is 0.453. The Labute approximate surface area is 150 Å². The maximum atomic E-state index is 12.4. The van der Waals surface area contributed by atoms with E-state index in [1.54, 1.807) is 0 Å². The second-order valence-corrected chi connectivity index (χ2v) is 7.11. The average Bonchev–Trinajstić information content (AvgIpc) is 2.59. The lowest BCUT2D eigenvalue weighted by atomic mass is 10.1. The third-order valence-corrected chi connectivity index (χ3v) is 4.75. The number of aromatic amines is 1. The van der Waals surface area contributed by atoms with Crippen LogP contribution in [0.3, 0.4) is 0 Å². The lowest BCUT2D eigenvalue weighted by Gasteiger charge is -2.35. The molecule has 1 N–H and O–H groups in total. The van der Waals surface area contributed by atoms with Crippen molar-refractivity contribution >= 4 is 17.7 Å². The van der Waals surface area contributed by atoms with Gasteiger partial charge in [0.15, 0.2) is 5.16 Å². The fourth-order valence-corrected chi connectivity index (χ4v) is 3.64. The maximum Gasteiger partial charge on any atom is 0.252 e. The minimum atomic E-state index is -0.225. The summed E-state index contributed by atoms with van der Waals surface area (Å²) in [5.41, 5.74) is 1.25. The topological polar surface area (TPSA) is 75.3 Å². The standard InChI is InChI=1S/C18H21N3O3S/c1-12-9-21(10-13(2)24-12)17(23)11-25-18-19-15(8-16(22)20-18)14-6-4-3-5-7-14/h3-8,12-13H,9-11H2,1-2H3,(H,19,20,22). The predicted octanol–water partition coefficient (Wildman–Crippen LogP) is 2.16. The number of thioether (sulfide) groups is 1. The number of amides is 1. The zero-order valence-corrected chi connectivity index (χ0v) is 15.1. The van der Waals surface area contributed by atoms with Crippen LogP contribution in [0.2, 0.25) is 0 Å². The van der Waals surface area contributed by atoms with Crippen molar-refractivity contribution in [2.45, 2.75) is 31.2 Å². The molecular weight excluding hydrogens is 338 g/mol. The molecule has 2 unspecified atom stereocenters. The first kappa shape index (κ1) is 17.7. The minimum Gasteiger partial charge on any atom is -0.372 e. The number of nitrogens with one attached hydrogen (secondary N) is 1. The molecule has 1 fully saturated rings. The largest absolute Gasteiger partial charge is 0.372 e. The average molecular weight is 359 g/mol. The van der Waals surface area contributed by atoms with Crippen molar-refractivity contribution in [2.75, 3.05) is 18.8 Å². The molecule has 1 aliphatic heterocycles. The SMILES string of the molecule is CC1CN(C(=O)CSc2nc(-c3ccccc3)cc(=O)[nH]2)CC(C)O1. The number of aromatic nitrogens is 2.